The molecule has 2 amide bonds. The molecule has 0 fully saturated rings. The zero-order valence-electron chi connectivity index (χ0n) is 18.7. The molecule has 0 radical (unpaired) electrons. The van der Waals surface area contributed by atoms with E-state index >= 15 is 0 Å². The molecule has 0 aliphatic carbocycles. The fourth-order valence-electron chi connectivity index (χ4n) is 3.27. The second-order valence-corrected chi connectivity index (χ2v) is 7.94. The van der Waals surface area contributed by atoms with Gasteiger partial charge in [-0.05, 0) is 66.3 Å². The van der Waals surface area contributed by atoms with Crippen LogP contribution in [0.3, 0.4) is 0 Å². The molecule has 3 N–H and O–H groups in total. The van der Waals surface area contributed by atoms with E-state index in [-0.39, 0.29) is 22.7 Å². The maximum absolute atomic E-state index is 12.7. The van der Waals surface area contributed by atoms with Crippen molar-refractivity contribution in [3.8, 4) is 5.75 Å². The molecule has 0 aliphatic rings. The van der Waals surface area contributed by atoms with Gasteiger partial charge in [-0.2, -0.15) is 0 Å². The highest BCUT2D eigenvalue weighted by Crippen LogP contribution is 2.17. The molecule has 4 aromatic rings. The lowest BCUT2D eigenvalue weighted by Gasteiger charge is -2.12. The minimum Gasteiger partial charge on any atom is -0.493 e. The Bertz CT molecular complexity index is 1310. The number of anilines is 2. The Morgan fingerprint density at radius 2 is 1.57 bits per heavy atom. The number of rotatable bonds is 8. The number of ether oxygens (including phenoxy) is 1. The van der Waals surface area contributed by atoms with Crippen LogP contribution < -0.4 is 20.7 Å². The molecule has 0 spiro atoms. The van der Waals surface area contributed by atoms with Gasteiger partial charge in [-0.3, -0.25) is 14.9 Å². The highest BCUT2D eigenvalue weighted by atomic mass is 32.1. The molecule has 0 bridgehead atoms. The van der Waals surface area contributed by atoms with E-state index in [9.17, 15) is 9.59 Å². The van der Waals surface area contributed by atoms with Gasteiger partial charge in [0.05, 0.1) is 12.9 Å². The average Bonchev–Trinajstić information content (AvgIpc) is 3.40. The third-order valence-corrected chi connectivity index (χ3v) is 5.15. The van der Waals surface area contributed by atoms with E-state index < -0.39 is 0 Å². The van der Waals surface area contributed by atoms with Gasteiger partial charge in [-0.1, -0.05) is 42.5 Å². The van der Waals surface area contributed by atoms with Crippen molar-refractivity contribution in [1.29, 1.82) is 0 Å². The van der Waals surface area contributed by atoms with Crippen molar-refractivity contribution in [3.05, 3.63) is 114 Å². The molecule has 35 heavy (non-hydrogen) atoms. The lowest BCUT2D eigenvalue weighted by atomic mass is 10.2. The second kappa shape index (κ2) is 11.6. The summed E-state index contributed by atoms with van der Waals surface area (Å²) in [6.07, 6.45) is 2.20. The predicted molar refractivity (Wildman–Crippen MR) is 139 cm³/mol. The first kappa shape index (κ1) is 23.7. The molecular weight excluding hydrogens is 462 g/mol. The van der Waals surface area contributed by atoms with E-state index in [4.69, 9.17) is 21.4 Å². The van der Waals surface area contributed by atoms with Crippen LogP contribution in [0.4, 0.5) is 11.4 Å². The Morgan fingerprint density at radius 3 is 2.34 bits per heavy atom. The van der Waals surface area contributed by atoms with Gasteiger partial charge in [-0.15, -0.1) is 0 Å². The third kappa shape index (κ3) is 7.02. The Hall–Kier alpha value is -4.43. The van der Waals surface area contributed by atoms with Gasteiger partial charge in [0.25, 0.3) is 11.8 Å². The minimum atomic E-state index is -0.367. The molecule has 176 valence electrons. The molecule has 0 saturated heterocycles. The van der Waals surface area contributed by atoms with Crippen LogP contribution in [0.2, 0.25) is 0 Å². The highest BCUT2D eigenvalue weighted by Gasteiger charge is 2.11. The smallest absolute Gasteiger partial charge is 0.291 e. The largest absolute Gasteiger partial charge is 0.493 e. The standard InChI is InChI=1S/C27H23N3O4S/c31-25(20-9-4-12-23(17-20)33-16-14-19-7-2-1-3-8-19)30-27(35)29-22-11-5-10-21(18-22)28-26(32)24-13-6-15-34-24/h1-13,15,17-18H,14,16H2,(H,28,32)(H2,29,30,31,35). The summed E-state index contributed by atoms with van der Waals surface area (Å²) >= 11 is 5.29. The first-order chi connectivity index (χ1) is 17.1. The van der Waals surface area contributed by atoms with Crippen molar-refractivity contribution in [1.82, 2.24) is 5.32 Å². The first-order valence-electron chi connectivity index (χ1n) is 10.9. The minimum absolute atomic E-state index is 0.125. The Morgan fingerprint density at radius 1 is 0.800 bits per heavy atom. The van der Waals surface area contributed by atoms with Crippen LogP contribution in [0.1, 0.15) is 26.5 Å². The number of nitrogens with one attached hydrogen (secondary N) is 3. The topological polar surface area (TPSA) is 92.6 Å². The number of carbonyl (C=O) groups excluding carboxylic acids is 2. The van der Waals surface area contributed by atoms with Gasteiger partial charge in [0.2, 0.25) is 0 Å². The van der Waals surface area contributed by atoms with E-state index in [1.54, 1.807) is 60.7 Å². The van der Waals surface area contributed by atoms with E-state index in [0.29, 0.717) is 29.3 Å². The number of thiocarbonyl (C=S) groups is 1. The number of carbonyl (C=O) groups is 2. The molecule has 1 heterocycles. The third-order valence-electron chi connectivity index (χ3n) is 4.95. The van der Waals surface area contributed by atoms with Crippen molar-refractivity contribution < 1.29 is 18.7 Å². The fourth-order valence-corrected chi connectivity index (χ4v) is 3.48. The zero-order valence-corrected chi connectivity index (χ0v) is 19.5. The van der Waals surface area contributed by atoms with Crippen LogP contribution >= 0.6 is 12.2 Å². The summed E-state index contributed by atoms with van der Waals surface area (Å²) in [6, 6.07) is 27.1. The normalized spacial score (nSPS) is 10.3. The predicted octanol–water partition coefficient (Wildman–Crippen LogP) is 5.28. The maximum Gasteiger partial charge on any atom is 0.291 e. The number of furan rings is 1. The van der Waals surface area contributed by atoms with Crippen LogP contribution in [0.25, 0.3) is 0 Å². The quantitative estimate of drug-likeness (QED) is 0.294. The van der Waals surface area contributed by atoms with E-state index in [0.717, 1.165) is 6.42 Å². The molecule has 0 saturated carbocycles. The molecule has 3 aromatic carbocycles. The molecule has 0 unspecified atom stereocenters. The monoisotopic (exact) mass is 485 g/mol. The molecule has 0 aliphatic heterocycles. The van der Waals surface area contributed by atoms with Crippen molar-refractivity contribution in [2.75, 3.05) is 17.2 Å². The maximum atomic E-state index is 12.7. The molecule has 1 aromatic heterocycles. The SMILES string of the molecule is O=C(NC(=S)Nc1cccc(NC(=O)c2ccco2)c1)c1cccc(OCCc2ccccc2)c1. The summed E-state index contributed by atoms with van der Waals surface area (Å²) in [5.41, 5.74) is 2.75. The van der Waals surface area contributed by atoms with Gasteiger partial charge >= 0.3 is 0 Å². The van der Waals surface area contributed by atoms with Crippen molar-refractivity contribution in [2.24, 2.45) is 0 Å². The van der Waals surface area contributed by atoms with Gasteiger partial charge in [0, 0.05) is 23.4 Å². The van der Waals surface area contributed by atoms with Crippen LogP contribution in [-0.4, -0.2) is 23.5 Å². The van der Waals surface area contributed by atoms with Gasteiger partial charge in [0.15, 0.2) is 10.9 Å². The van der Waals surface area contributed by atoms with Crippen molar-refractivity contribution in [3.63, 3.8) is 0 Å². The van der Waals surface area contributed by atoms with Gasteiger partial charge in [-0.25, -0.2) is 0 Å². The number of hydrogen-bond acceptors (Lipinski definition) is 5. The lowest BCUT2D eigenvalue weighted by molar-refractivity contribution is 0.0974. The Balaban J connectivity index is 1.29. The summed E-state index contributed by atoms with van der Waals surface area (Å²) in [7, 11) is 0. The number of benzene rings is 3. The summed E-state index contributed by atoms with van der Waals surface area (Å²) in [5, 5.41) is 8.48. The summed E-state index contributed by atoms with van der Waals surface area (Å²) in [5.74, 6) is 0.0806. The molecule has 0 atom stereocenters. The van der Waals surface area contributed by atoms with Crippen LogP contribution in [0.15, 0.2) is 102 Å². The zero-order chi connectivity index (χ0) is 24.5. The number of hydrogen-bond donors (Lipinski definition) is 3. The Kier molecular flexibility index (Phi) is 7.88. The Labute approximate surface area is 208 Å². The first-order valence-corrected chi connectivity index (χ1v) is 11.3. The fraction of sp³-hybridized carbons (Fsp3) is 0.0741. The number of amides is 2. The second-order valence-electron chi connectivity index (χ2n) is 7.53. The van der Waals surface area contributed by atoms with E-state index in [1.807, 2.05) is 30.3 Å². The summed E-state index contributed by atoms with van der Waals surface area (Å²) < 4.78 is 10.9. The van der Waals surface area contributed by atoms with Crippen molar-refractivity contribution in [2.45, 2.75) is 6.42 Å². The summed E-state index contributed by atoms with van der Waals surface area (Å²) in [4.78, 5) is 24.8. The molecule has 7 nitrogen and oxygen atoms in total. The molecule has 8 heteroatoms. The van der Waals surface area contributed by atoms with E-state index in [2.05, 4.69) is 16.0 Å². The van der Waals surface area contributed by atoms with Crippen molar-refractivity contribution >= 4 is 40.5 Å². The highest BCUT2D eigenvalue weighted by molar-refractivity contribution is 7.80. The molecular formula is C27H23N3O4S. The van der Waals surface area contributed by atoms with E-state index in [1.165, 1.54) is 11.8 Å². The molecule has 4 rings (SSSR count). The van der Waals surface area contributed by atoms with Crippen LogP contribution in [0, 0.1) is 0 Å². The summed E-state index contributed by atoms with van der Waals surface area (Å²) in [6.45, 7) is 0.502. The lowest BCUT2D eigenvalue weighted by Crippen LogP contribution is -2.34. The van der Waals surface area contributed by atoms with Crippen LogP contribution in [-0.2, 0) is 6.42 Å². The van der Waals surface area contributed by atoms with Gasteiger partial charge < -0.3 is 19.8 Å². The van der Waals surface area contributed by atoms with Gasteiger partial charge in [0.1, 0.15) is 5.75 Å². The van der Waals surface area contributed by atoms with Crippen LogP contribution in [0.5, 0.6) is 5.75 Å². The average molecular weight is 486 g/mol.